The summed E-state index contributed by atoms with van der Waals surface area (Å²) >= 11 is 1.64. The van der Waals surface area contributed by atoms with Crippen LogP contribution in [0.2, 0.25) is 0 Å². The minimum atomic E-state index is -0.249. The van der Waals surface area contributed by atoms with Gasteiger partial charge in [0.05, 0.1) is 16.8 Å². The summed E-state index contributed by atoms with van der Waals surface area (Å²) in [7, 11) is 0. The molecular formula is C15H16FN5S. The topological polar surface area (TPSA) is 48.5 Å². The number of aromatic nitrogens is 5. The number of benzene rings is 1. The fourth-order valence-corrected chi connectivity index (χ4v) is 3.61. The zero-order valence-corrected chi connectivity index (χ0v) is 13.1. The van der Waals surface area contributed by atoms with E-state index in [4.69, 9.17) is 0 Å². The zero-order chi connectivity index (χ0) is 15.1. The Morgan fingerprint density at radius 2 is 2.23 bits per heavy atom. The molecule has 0 bridgehead atoms. The van der Waals surface area contributed by atoms with Gasteiger partial charge in [-0.25, -0.2) is 9.37 Å². The highest BCUT2D eigenvalue weighted by atomic mass is 32.2. The molecule has 0 radical (unpaired) electrons. The molecule has 4 rings (SSSR count). The van der Waals surface area contributed by atoms with Crippen LogP contribution in [0.25, 0.3) is 11.0 Å². The third-order valence-corrected chi connectivity index (χ3v) is 4.87. The van der Waals surface area contributed by atoms with Crippen LogP contribution >= 0.6 is 11.8 Å². The molecule has 0 unspecified atom stereocenters. The number of rotatable bonds is 5. The molecule has 7 heteroatoms. The molecule has 0 spiro atoms. The Morgan fingerprint density at radius 1 is 1.36 bits per heavy atom. The molecule has 2 aromatic heterocycles. The van der Waals surface area contributed by atoms with E-state index >= 15 is 0 Å². The van der Waals surface area contributed by atoms with E-state index in [2.05, 4.69) is 31.2 Å². The van der Waals surface area contributed by atoms with Crippen molar-refractivity contribution >= 4 is 22.8 Å². The number of aryl methyl sites for hydroxylation is 1. The van der Waals surface area contributed by atoms with Crippen LogP contribution in [0.3, 0.4) is 0 Å². The summed E-state index contributed by atoms with van der Waals surface area (Å²) in [6, 6.07) is 5.33. The van der Waals surface area contributed by atoms with Crippen molar-refractivity contribution in [2.75, 3.05) is 0 Å². The third kappa shape index (κ3) is 2.39. The molecule has 0 saturated heterocycles. The molecule has 114 valence electrons. The zero-order valence-electron chi connectivity index (χ0n) is 12.2. The first-order valence-corrected chi connectivity index (χ1v) is 8.42. The van der Waals surface area contributed by atoms with Crippen molar-refractivity contribution in [1.29, 1.82) is 0 Å². The Hall–Kier alpha value is -1.89. The lowest BCUT2D eigenvalue weighted by atomic mass is 10.3. The van der Waals surface area contributed by atoms with Gasteiger partial charge in [0.1, 0.15) is 18.0 Å². The lowest BCUT2D eigenvalue weighted by Crippen LogP contribution is -2.01. The molecular weight excluding hydrogens is 301 g/mol. The molecule has 1 aliphatic carbocycles. The molecule has 0 amide bonds. The quantitative estimate of drug-likeness (QED) is 0.677. The molecule has 5 nitrogen and oxygen atoms in total. The summed E-state index contributed by atoms with van der Waals surface area (Å²) in [5, 5.41) is 9.14. The highest BCUT2D eigenvalue weighted by Gasteiger charge is 2.26. The SMILES string of the molecule is CCn1c(CSc2nncn2C2CC2)nc2cc(F)ccc21. The molecule has 1 aromatic carbocycles. The Kier molecular flexibility index (Phi) is 3.37. The first-order chi connectivity index (χ1) is 10.8. The van der Waals surface area contributed by atoms with Crippen molar-refractivity contribution in [3.8, 4) is 0 Å². The minimum Gasteiger partial charge on any atom is -0.328 e. The molecule has 22 heavy (non-hydrogen) atoms. The van der Waals surface area contributed by atoms with Crippen molar-refractivity contribution in [3.63, 3.8) is 0 Å². The fraction of sp³-hybridized carbons (Fsp3) is 0.400. The molecule has 1 fully saturated rings. The van der Waals surface area contributed by atoms with Crippen LogP contribution in [-0.2, 0) is 12.3 Å². The predicted molar refractivity (Wildman–Crippen MR) is 83.2 cm³/mol. The van der Waals surface area contributed by atoms with Gasteiger partial charge >= 0.3 is 0 Å². The first kappa shape index (κ1) is 13.8. The summed E-state index contributed by atoms with van der Waals surface area (Å²) in [5.41, 5.74) is 1.68. The number of halogens is 1. The predicted octanol–water partition coefficient (Wildman–Crippen LogP) is 3.41. The summed E-state index contributed by atoms with van der Waals surface area (Å²) in [6.45, 7) is 2.89. The molecule has 3 aromatic rings. The Bertz CT molecular complexity index is 821. The Labute approximate surface area is 131 Å². The molecule has 0 N–H and O–H groups in total. The molecule has 2 heterocycles. The van der Waals surface area contributed by atoms with Gasteiger partial charge in [0.15, 0.2) is 5.16 Å². The van der Waals surface area contributed by atoms with Crippen molar-refractivity contribution < 1.29 is 4.39 Å². The van der Waals surface area contributed by atoms with Crippen molar-refractivity contribution in [3.05, 3.63) is 36.2 Å². The van der Waals surface area contributed by atoms with Crippen molar-refractivity contribution in [2.45, 2.75) is 43.3 Å². The second-order valence-electron chi connectivity index (χ2n) is 5.45. The lowest BCUT2D eigenvalue weighted by Gasteiger charge is -2.06. The van der Waals surface area contributed by atoms with Crippen LogP contribution < -0.4 is 0 Å². The summed E-state index contributed by atoms with van der Waals surface area (Å²) in [5.74, 6) is 1.40. The number of imidazole rings is 1. The molecule has 1 saturated carbocycles. The van der Waals surface area contributed by atoms with E-state index in [9.17, 15) is 4.39 Å². The molecule has 0 aliphatic heterocycles. The Balaban J connectivity index is 1.62. The second-order valence-corrected chi connectivity index (χ2v) is 6.39. The standard InChI is InChI=1S/C15H16FN5S/c1-2-20-13-6-3-10(16)7-12(13)18-14(20)8-22-15-19-17-9-21(15)11-4-5-11/h3,6-7,9,11H,2,4-5,8H2,1H3. The summed E-state index contributed by atoms with van der Waals surface area (Å²) < 4.78 is 17.6. The van der Waals surface area contributed by atoms with Gasteiger partial charge in [-0.2, -0.15) is 0 Å². The Morgan fingerprint density at radius 3 is 3.00 bits per heavy atom. The minimum absolute atomic E-state index is 0.249. The van der Waals surface area contributed by atoms with E-state index in [1.54, 1.807) is 24.2 Å². The fourth-order valence-electron chi connectivity index (χ4n) is 2.68. The van der Waals surface area contributed by atoms with Crippen LogP contribution in [0.15, 0.2) is 29.7 Å². The maximum absolute atomic E-state index is 13.4. The van der Waals surface area contributed by atoms with E-state index in [0.717, 1.165) is 23.0 Å². The highest BCUT2D eigenvalue weighted by Crippen LogP contribution is 2.37. The monoisotopic (exact) mass is 317 g/mol. The van der Waals surface area contributed by atoms with E-state index in [0.29, 0.717) is 17.3 Å². The van der Waals surface area contributed by atoms with Gasteiger partial charge in [0.25, 0.3) is 0 Å². The maximum atomic E-state index is 13.4. The van der Waals surface area contributed by atoms with E-state index in [1.165, 1.54) is 25.0 Å². The number of fused-ring (bicyclic) bond motifs is 1. The van der Waals surface area contributed by atoms with Crippen LogP contribution in [-0.4, -0.2) is 24.3 Å². The van der Waals surface area contributed by atoms with Gasteiger partial charge in [0, 0.05) is 18.7 Å². The second kappa shape index (κ2) is 5.39. The van der Waals surface area contributed by atoms with Gasteiger partial charge in [-0.1, -0.05) is 11.8 Å². The number of hydrogen-bond donors (Lipinski definition) is 0. The van der Waals surface area contributed by atoms with Crippen LogP contribution in [0.5, 0.6) is 0 Å². The third-order valence-electron chi connectivity index (χ3n) is 3.92. The van der Waals surface area contributed by atoms with Gasteiger partial charge in [0.2, 0.25) is 0 Å². The number of thioether (sulfide) groups is 1. The number of nitrogens with zero attached hydrogens (tertiary/aromatic N) is 5. The van der Waals surface area contributed by atoms with Gasteiger partial charge in [-0.15, -0.1) is 10.2 Å². The van der Waals surface area contributed by atoms with E-state index in [-0.39, 0.29) is 5.82 Å². The van der Waals surface area contributed by atoms with Gasteiger partial charge in [-0.05, 0) is 31.9 Å². The van der Waals surface area contributed by atoms with Crippen LogP contribution in [0.4, 0.5) is 4.39 Å². The molecule has 0 atom stereocenters. The number of hydrogen-bond acceptors (Lipinski definition) is 4. The first-order valence-electron chi connectivity index (χ1n) is 7.43. The van der Waals surface area contributed by atoms with Crippen LogP contribution in [0.1, 0.15) is 31.6 Å². The lowest BCUT2D eigenvalue weighted by molar-refractivity contribution is 0.629. The largest absolute Gasteiger partial charge is 0.328 e. The van der Waals surface area contributed by atoms with E-state index in [1.807, 2.05) is 0 Å². The normalized spacial score (nSPS) is 14.8. The smallest absolute Gasteiger partial charge is 0.191 e. The van der Waals surface area contributed by atoms with Crippen molar-refractivity contribution in [2.24, 2.45) is 0 Å². The molecule has 1 aliphatic rings. The van der Waals surface area contributed by atoms with Gasteiger partial charge < -0.3 is 9.13 Å². The highest BCUT2D eigenvalue weighted by molar-refractivity contribution is 7.98. The average molecular weight is 317 g/mol. The maximum Gasteiger partial charge on any atom is 0.191 e. The van der Waals surface area contributed by atoms with Crippen molar-refractivity contribution in [1.82, 2.24) is 24.3 Å². The van der Waals surface area contributed by atoms with Gasteiger partial charge in [-0.3, -0.25) is 0 Å². The summed E-state index contributed by atoms with van der Waals surface area (Å²) in [4.78, 5) is 4.58. The van der Waals surface area contributed by atoms with E-state index < -0.39 is 0 Å². The van der Waals surface area contributed by atoms with Crippen LogP contribution in [0, 0.1) is 5.82 Å². The average Bonchev–Trinajstić information content (AvgIpc) is 3.14. The summed E-state index contributed by atoms with van der Waals surface area (Å²) in [6.07, 6.45) is 4.22.